The third kappa shape index (κ3) is 4.26. The first-order chi connectivity index (χ1) is 16.4. The highest BCUT2D eigenvalue weighted by molar-refractivity contribution is 5.43. The van der Waals surface area contributed by atoms with E-state index in [4.69, 9.17) is 10.00 Å². The number of rotatable bonds is 6. The molecule has 0 amide bonds. The Morgan fingerprint density at radius 1 is 1.15 bits per heavy atom. The Labute approximate surface area is 205 Å². The maximum Gasteiger partial charge on any atom is 0.140 e. The summed E-state index contributed by atoms with van der Waals surface area (Å²) in [7, 11) is 0. The lowest BCUT2D eigenvalue weighted by Crippen LogP contribution is -2.52. The Hall–Kier alpha value is -1.64. The number of anilines is 1. The summed E-state index contributed by atoms with van der Waals surface area (Å²) in [5.74, 6) is 4.74. The molecule has 4 fully saturated rings. The normalized spacial score (nSPS) is 42.1. The van der Waals surface area contributed by atoms with Gasteiger partial charge >= 0.3 is 0 Å². The number of hydrogen-bond acceptors (Lipinski definition) is 5. The fourth-order valence-electron chi connectivity index (χ4n) is 9.16. The molecule has 0 radical (unpaired) electrons. The molecule has 0 aliphatic heterocycles. The SMILES string of the molecule is CCOC[C@@]1(O)CC[C@H]2[C@H](CC[C@@H]3[C@@H]2CC[C@]2(C)C([C@@H](C)Nc4ccc(C#N)nc4)CC[C@@H]32)C1. The molecule has 0 bridgehead atoms. The van der Waals surface area contributed by atoms with Gasteiger partial charge < -0.3 is 15.2 Å². The van der Waals surface area contributed by atoms with Crippen molar-refractivity contribution >= 4 is 5.69 Å². The van der Waals surface area contributed by atoms with E-state index in [0.717, 1.165) is 42.2 Å². The van der Waals surface area contributed by atoms with Crippen molar-refractivity contribution in [3.63, 3.8) is 0 Å². The Morgan fingerprint density at radius 2 is 1.97 bits per heavy atom. The van der Waals surface area contributed by atoms with E-state index in [1.54, 1.807) is 12.3 Å². The van der Waals surface area contributed by atoms with Crippen LogP contribution in [0.15, 0.2) is 18.3 Å². The van der Waals surface area contributed by atoms with Crippen LogP contribution in [-0.2, 0) is 4.74 Å². The van der Waals surface area contributed by atoms with Crippen molar-refractivity contribution in [2.75, 3.05) is 18.5 Å². The van der Waals surface area contributed by atoms with E-state index in [1.807, 2.05) is 13.0 Å². The molecule has 5 nitrogen and oxygen atoms in total. The van der Waals surface area contributed by atoms with Gasteiger partial charge in [0.25, 0.3) is 0 Å². The van der Waals surface area contributed by atoms with Gasteiger partial charge in [0.15, 0.2) is 0 Å². The van der Waals surface area contributed by atoms with Gasteiger partial charge in [0.05, 0.1) is 24.1 Å². The fraction of sp³-hybridized carbons (Fsp3) is 0.793. The number of aliphatic hydroxyl groups is 1. The zero-order valence-electron chi connectivity index (χ0n) is 21.3. The van der Waals surface area contributed by atoms with Crippen molar-refractivity contribution in [2.45, 2.75) is 90.2 Å². The van der Waals surface area contributed by atoms with Gasteiger partial charge in [0.1, 0.15) is 11.8 Å². The summed E-state index contributed by atoms with van der Waals surface area (Å²) in [6.07, 6.45) is 12.9. The predicted octanol–water partition coefficient (Wildman–Crippen LogP) is 5.79. The zero-order chi connectivity index (χ0) is 23.9. The third-order valence-electron chi connectivity index (χ3n) is 10.6. The van der Waals surface area contributed by atoms with Gasteiger partial charge in [0.2, 0.25) is 0 Å². The van der Waals surface area contributed by atoms with Gasteiger partial charge in [-0.25, -0.2) is 4.98 Å². The average molecular weight is 466 g/mol. The van der Waals surface area contributed by atoms with Crippen molar-refractivity contribution in [3.05, 3.63) is 24.0 Å². The number of nitrogens with one attached hydrogen (secondary N) is 1. The number of ether oxygens (including phenoxy) is 1. The van der Waals surface area contributed by atoms with Crippen LogP contribution in [0, 0.1) is 52.3 Å². The highest BCUT2D eigenvalue weighted by atomic mass is 16.5. The molecule has 0 spiro atoms. The maximum absolute atomic E-state index is 11.1. The maximum atomic E-state index is 11.1. The summed E-state index contributed by atoms with van der Waals surface area (Å²) < 4.78 is 5.65. The monoisotopic (exact) mass is 465 g/mol. The predicted molar refractivity (Wildman–Crippen MR) is 134 cm³/mol. The summed E-state index contributed by atoms with van der Waals surface area (Å²) in [5.41, 5.74) is 1.31. The first kappa shape index (κ1) is 24.1. The van der Waals surface area contributed by atoms with Crippen LogP contribution in [0.2, 0.25) is 0 Å². The van der Waals surface area contributed by atoms with Gasteiger partial charge in [-0.3, -0.25) is 0 Å². The van der Waals surface area contributed by atoms with Crippen LogP contribution in [0.3, 0.4) is 0 Å². The summed E-state index contributed by atoms with van der Waals surface area (Å²) in [6, 6.07) is 6.30. The second-order valence-corrected chi connectivity index (χ2v) is 12.2. The van der Waals surface area contributed by atoms with E-state index in [0.29, 0.717) is 42.2 Å². The summed E-state index contributed by atoms with van der Waals surface area (Å²) in [5, 5.41) is 23.9. The van der Waals surface area contributed by atoms with E-state index < -0.39 is 5.60 Å². The molecule has 4 aliphatic rings. The molecule has 1 aromatic heterocycles. The van der Waals surface area contributed by atoms with Crippen LogP contribution in [0.1, 0.15) is 84.3 Å². The molecular weight excluding hydrogens is 422 g/mol. The topological polar surface area (TPSA) is 78.2 Å². The van der Waals surface area contributed by atoms with E-state index in [2.05, 4.69) is 30.2 Å². The van der Waals surface area contributed by atoms with Crippen molar-refractivity contribution in [3.8, 4) is 6.07 Å². The number of nitriles is 1. The van der Waals surface area contributed by atoms with Gasteiger partial charge in [-0.05, 0) is 125 Å². The highest BCUT2D eigenvalue weighted by Gasteiger charge is 2.58. The zero-order valence-corrected chi connectivity index (χ0v) is 21.3. The molecule has 4 aliphatic carbocycles. The molecule has 0 saturated heterocycles. The van der Waals surface area contributed by atoms with Crippen molar-refractivity contribution < 1.29 is 9.84 Å². The van der Waals surface area contributed by atoms with Crippen LogP contribution in [0.4, 0.5) is 5.69 Å². The lowest BCUT2D eigenvalue weighted by Gasteiger charge is -2.57. The van der Waals surface area contributed by atoms with Crippen molar-refractivity contribution in [1.29, 1.82) is 5.26 Å². The highest BCUT2D eigenvalue weighted by Crippen LogP contribution is 2.65. The molecule has 186 valence electrons. The van der Waals surface area contributed by atoms with Crippen LogP contribution in [0.25, 0.3) is 0 Å². The molecule has 4 saturated carbocycles. The minimum absolute atomic E-state index is 0.404. The number of aromatic nitrogens is 1. The molecule has 5 rings (SSSR count). The van der Waals surface area contributed by atoms with E-state index in [9.17, 15) is 5.11 Å². The molecule has 0 aromatic carbocycles. The molecule has 1 heterocycles. The number of hydrogen-bond donors (Lipinski definition) is 2. The molecule has 34 heavy (non-hydrogen) atoms. The van der Waals surface area contributed by atoms with E-state index in [1.165, 1.54) is 44.9 Å². The van der Waals surface area contributed by atoms with Crippen molar-refractivity contribution in [1.82, 2.24) is 4.98 Å². The van der Waals surface area contributed by atoms with Crippen LogP contribution >= 0.6 is 0 Å². The smallest absolute Gasteiger partial charge is 0.140 e. The average Bonchev–Trinajstić information content (AvgIpc) is 3.20. The van der Waals surface area contributed by atoms with Crippen molar-refractivity contribution in [2.24, 2.45) is 40.9 Å². The van der Waals surface area contributed by atoms with Gasteiger partial charge in [-0.2, -0.15) is 5.26 Å². The summed E-state index contributed by atoms with van der Waals surface area (Å²) in [6.45, 7) is 8.17. The molecule has 2 N–H and O–H groups in total. The standard InChI is InChI=1S/C29H43N3O2/c1-4-34-18-29(33)14-12-23-20(15-29)5-8-25-24(23)11-13-28(3)26(9-10-27(25)28)19(2)32-22-7-6-21(16-30)31-17-22/h6-7,17,19-20,23-27,32-33H,4-5,8-15,18H2,1-3H3/t19-,20-,23+,24-,25-,26?,27+,28-,29-/m1/s1. The second-order valence-electron chi connectivity index (χ2n) is 12.2. The number of pyridine rings is 1. The number of nitrogens with zero attached hydrogens (tertiary/aromatic N) is 2. The van der Waals surface area contributed by atoms with Gasteiger partial charge in [0, 0.05) is 12.6 Å². The quantitative estimate of drug-likeness (QED) is 0.556. The Bertz CT molecular complexity index is 898. The van der Waals surface area contributed by atoms with Crippen LogP contribution in [0.5, 0.6) is 0 Å². The third-order valence-corrected chi connectivity index (χ3v) is 10.6. The minimum Gasteiger partial charge on any atom is -0.387 e. The molecule has 9 atom stereocenters. The Kier molecular flexibility index (Phi) is 6.68. The van der Waals surface area contributed by atoms with Crippen LogP contribution < -0.4 is 5.32 Å². The van der Waals surface area contributed by atoms with E-state index in [-0.39, 0.29) is 0 Å². The lowest BCUT2D eigenvalue weighted by atomic mass is 9.48. The van der Waals surface area contributed by atoms with Crippen LogP contribution in [-0.4, -0.2) is 34.9 Å². The fourth-order valence-corrected chi connectivity index (χ4v) is 9.16. The molecule has 5 heteroatoms. The largest absolute Gasteiger partial charge is 0.387 e. The first-order valence-corrected chi connectivity index (χ1v) is 13.8. The lowest BCUT2D eigenvalue weighted by molar-refractivity contribution is -0.128. The van der Waals surface area contributed by atoms with Gasteiger partial charge in [-0.15, -0.1) is 0 Å². The summed E-state index contributed by atoms with van der Waals surface area (Å²) >= 11 is 0. The van der Waals surface area contributed by atoms with Gasteiger partial charge in [-0.1, -0.05) is 6.92 Å². The number of fused-ring (bicyclic) bond motifs is 5. The molecular formula is C29H43N3O2. The first-order valence-electron chi connectivity index (χ1n) is 13.8. The Morgan fingerprint density at radius 3 is 2.71 bits per heavy atom. The van der Waals surface area contributed by atoms with E-state index >= 15 is 0 Å². The Balaban J connectivity index is 1.25. The summed E-state index contributed by atoms with van der Waals surface area (Å²) in [4.78, 5) is 4.25. The minimum atomic E-state index is -0.590. The molecule has 1 unspecified atom stereocenters. The second kappa shape index (κ2) is 9.43. The molecule has 1 aromatic rings.